The first kappa shape index (κ1) is 15.9. The van der Waals surface area contributed by atoms with Crippen molar-refractivity contribution in [1.82, 2.24) is 16.0 Å². The van der Waals surface area contributed by atoms with Crippen molar-refractivity contribution in [2.45, 2.75) is 40.2 Å². The Morgan fingerprint density at radius 3 is 2.35 bits per heavy atom. The van der Waals surface area contributed by atoms with Gasteiger partial charge in [-0.1, -0.05) is 13.8 Å². The summed E-state index contributed by atoms with van der Waals surface area (Å²) in [6.45, 7) is 9.17. The smallest absolute Gasteiger partial charge is 0.233 e. The number of hydrogen-bond acceptors (Lipinski definition) is 3. The molecule has 0 aromatic rings. The molecule has 1 atom stereocenters. The van der Waals surface area contributed by atoms with Gasteiger partial charge in [0, 0.05) is 26.1 Å². The second-order valence-electron chi connectivity index (χ2n) is 4.61. The zero-order valence-electron chi connectivity index (χ0n) is 11.3. The molecule has 0 aliphatic carbocycles. The van der Waals surface area contributed by atoms with Crippen molar-refractivity contribution in [1.29, 1.82) is 0 Å². The number of amides is 2. The van der Waals surface area contributed by atoms with E-state index in [1.165, 1.54) is 6.92 Å². The summed E-state index contributed by atoms with van der Waals surface area (Å²) in [7, 11) is 0. The summed E-state index contributed by atoms with van der Waals surface area (Å²) in [6, 6.07) is 0.0851. The van der Waals surface area contributed by atoms with E-state index in [1.54, 1.807) is 0 Å². The molecule has 0 radical (unpaired) electrons. The van der Waals surface area contributed by atoms with E-state index in [0.29, 0.717) is 25.6 Å². The maximum atomic E-state index is 11.2. The summed E-state index contributed by atoms with van der Waals surface area (Å²) in [6.07, 6.45) is 0.905. The lowest BCUT2D eigenvalue weighted by atomic mass is 10.0. The van der Waals surface area contributed by atoms with Gasteiger partial charge in [-0.2, -0.15) is 0 Å². The van der Waals surface area contributed by atoms with Gasteiger partial charge in [0.05, 0.1) is 6.54 Å². The minimum Gasteiger partial charge on any atom is -0.355 e. The molecule has 0 heterocycles. The van der Waals surface area contributed by atoms with Crippen molar-refractivity contribution >= 4 is 11.8 Å². The number of nitrogens with one attached hydrogen (secondary N) is 3. The molecular weight excluding hydrogens is 218 g/mol. The van der Waals surface area contributed by atoms with Gasteiger partial charge >= 0.3 is 0 Å². The number of carbonyl (C=O) groups excluding carboxylic acids is 2. The molecular formula is C12H25N3O2. The van der Waals surface area contributed by atoms with Crippen LogP contribution in [0.1, 0.15) is 34.1 Å². The minimum absolute atomic E-state index is 0.0152. The number of carbonyl (C=O) groups is 2. The molecule has 0 spiro atoms. The van der Waals surface area contributed by atoms with Gasteiger partial charge in [-0.15, -0.1) is 0 Å². The predicted octanol–water partition coefficient (Wildman–Crippen LogP) is 0.263. The van der Waals surface area contributed by atoms with Crippen LogP contribution in [0.4, 0.5) is 0 Å². The number of likely N-dealkylation sites (N-methyl/N-ethyl adjacent to an activating group) is 1. The second kappa shape index (κ2) is 8.98. The Morgan fingerprint density at radius 2 is 1.88 bits per heavy atom. The first-order chi connectivity index (χ1) is 7.95. The molecule has 0 fully saturated rings. The first-order valence-electron chi connectivity index (χ1n) is 6.20. The van der Waals surface area contributed by atoms with E-state index < -0.39 is 0 Å². The maximum Gasteiger partial charge on any atom is 0.233 e. The van der Waals surface area contributed by atoms with Crippen molar-refractivity contribution in [3.05, 3.63) is 0 Å². The summed E-state index contributed by atoms with van der Waals surface area (Å²) in [5, 5.41) is 8.65. The SMILES string of the molecule is CCNC(=O)CNCC(CC(C)C)NC(C)=O. The molecule has 2 amide bonds. The van der Waals surface area contributed by atoms with Crippen LogP contribution in [-0.4, -0.2) is 37.5 Å². The van der Waals surface area contributed by atoms with E-state index in [2.05, 4.69) is 29.8 Å². The molecule has 5 nitrogen and oxygen atoms in total. The van der Waals surface area contributed by atoms with Gasteiger partial charge in [-0.3, -0.25) is 9.59 Å². The Bertz CT molecular complexity index is 242. The Balaban J connectivity index is 3.90. The fourth-order valence-electron chi connectivity index (χ4n) is 1.67. The van der Waals surface area contributed by atoms with Crippen LogP contribution >= 0.6 is 0 Å². The van der Waals surface area contributed by atoms with Gasteiger partial charge in [-0.25, -0.2) is 0 Å². The summed E-state index contributed by atoms with van der Waals surface area (Å²) in [5.41, 5.74) is 0. The Kier molecular flexibility index (Phi) is 8.40. The van der Waals surface area contributed by atoms with Gasteiger partial charge in [0.1, 0.15) is 0 Å². The molecule has 0 bridgehead atoms. The van der Waals surface area contributed by atoms with Gasteiger partial charge < -0.3 is 16.0 Å². The molecule has 0 saturated carbocycles. The molecule has 0 aromatic carbocycles. The average Bonchev–Trinajstić information content (AvgIpc) is 2.15. The number of hydrogen-bond donors (Lipinski definition) is 3. The minimum atomic E-state index is -0.0320. The molecule has 1 unspecified atom stereocenters. The zero-order valence-corrected chi connectivity index (χ0v) is 11.3. The molecule has 0 aliphatic rings. The molecule has 0 rings (SSSR count). The Morgan fingerprint density at radius 1 is 1.24 bits per heavy atom. The fourth-order valence-corrected chi connectivity index (χ4v) is 1.67. The highest BCUT2D eigenvalue weighted by Crippen LogP contribution is 2.03. The van der Waals surface area contributed by atoms with Crippen LogP contribution in [0.5, 0.6) is 0 Å². The highest BCUT2D eigenvalue weighted by atomic mass is 16.2. The van der Waals surface area contributed by atoms with Crippen molar-refractivity contribution in [2.24, 2.45) is 5.92 Å². The van der Waals surface area contributed by atoms with E-state index >= 15 is 0 Å². The summed E-state index contributed by atoms with van der Waals surface area (Å²) >= 11 is 0. The van der Waals surface area contributed by atoms with Gasteiger partial charge in [0.15, 0.2) is 0 Å². The molecule has 17 heavy (non-hydrogen) atoms. The highest BCUT2D eigenvalue weighted by molar-refractivity contribution is 5.77. The van der Waals surface area contributed by atoms with Crippen LogP contribution in [0.2, 0.25) is 0 Å². The lowest BCUT2D eigenvalue weighted by Crippen LogP contribution is -2.44. The average molecular weight is 243 g/mol. The highest BCUT2D eigenvalue weighted by Gasteiger charge is 2.12. The summed E-state index contributed by atoms with van der Waals surface area (Å²) in [4.78, 5) is 22.2. The lowest BCUT2D eigenvalue weighted by Gasteiger charge is -2.20. The van der Waals surface area contributed by atoms with Crippen molar-refractivity contribution < 1.29 is 9.59 Å². The molecule has 0 aliphatic heterocycles. The van der Waals surface area contributed by atoms with Crippen LogP contribution in [0, 0.1) is 5.92 Å². The third-order valence-corrected chi connectivity index (χ3v) is 2.21. The van der Waals surface area contributed by atoms with E-state index in [1.807, 2.05) is 6.92 Å². The maximum absolute atomic E-state index is 11.2. The molecule has 0 aromatic heterocycles. The van der Waals surface area contributed by atoms with E-state index in [-0.39, 0.29) is 17.9 Å². The Labute approximate surface area is 104 Å². The quantitative estimate of drug-likeness (QED) is 0.573. The van der Waals surface area contributed by atoms with Crippen LogP contribution in [0.15, 0.2) is 0 Å². The van der Waals surface area contributed by atoms with Crippen molar-refractivity contribution in [2.75, 3.05) is 19.6 Å². The molecule has 5 heteroatoms. The third kappa shape index (κ3) is 9.81. The number of rotatable bonds is 8. The largest absolute Gasteiger partial charge is 0.355 e. The van der Waals surface area contributed by atoms with E-state index in [0.717, 1.165) is 6.42 Å². The normalized spacial score (nSPS) is 12.3. The van der Waals surface area contributed by atoms with E-state index in [9.17, 15) is 9.59 Å². The second-order valence-corrected chi connectivity index (χ2v) is 4.61. The summed E-state index contributed by atoms with van der Waals surface area (Å²) in [5.74, 6) is 0.465. The van der Waals surface area contributed by atoms with Crippen LogP contribution in [0.25, 0.3) is 0 Å². The predicted molar refractivity (Wildman–Crippen MR) is 68.6 cm³/mol. The van der Waals surface area contributed by atoms with Gasteiger partial charge in [-0.05, 0) is 19.3 Å². The standard InChI is InChI=1S/C12H25N3O2/c1-5-14-12(17)8-13-7-11(6-9(2)3)15-10(4)16/h9,11,13H,5-8H2,1-4H3,(H,14,17)(H,15,16). The first-order valence-corrected chi connectivity index (χ1v) is 6.20. The molecule has 0 saturated heterocycles. The van der Waals surface area contributed by atoms with Crippen molar-refractivity contribution in [3.63, 3.8) is 0 Å². The van der Waals surface area contributed by atoms with Crippen molar-refractivity contribution in [3.8, 4) is 0 Å². The monoisotopic (exact) mass is 243 g/mol. The van der Waals surface area contributed by atoms with E-state index in [4.69, 9.17) is 0 Å². The van der Waals surface area contributed by atoms with Gasteiger partial charge in [0.2, 0.25) is 11.8 Å². The Hall–Kier alpha value is -1.10. The van der Waals surface area contributed by atoms with Crippen LogP contribution < -0.4 is 16.0 Å². The fraction of sp³-hybridized carbons (Fsp3) is 0.833. The summed E-state index contributed by atoms with van der Waals surface area (Å²) < 4.78 is 0. The lowest BCUT2D eigenvalue weighted by molar-refractivity contribution is -0.120. The molecule has 3 N–H and O–H groups in total. The van der Waals surface area contributed by atoms with Crippen LogP contribution in [-0.2, 0) is 9.59 Å². The zero-order chi connectivity index (χ0) is 13.3. The molecule has 100 valence electrons. The van der Waals surface area contributed by atoms with Crippen LogP contribution in [0.3, 0.4) is 0 Å². The van der Waals surface area contributed by atoms with Gasteiger partial charge in [0.25, 0.3) is 0 Å². The third-order valence-electron chi connectivity index (χ3n) is 2.21. The topological polar surface area (TPSA) is 70.2 Å².